The van der Waals surface area contributed by atoms with E-state index < -0.39 is 5.97 Å². The number of urea groups is 1. The second kappa shape index (κ2) is 9.39. The summed E-state index contributed by atoms with van der Waals surface area (Å²) >= 11 is 0. The molecule has 0 aliphatic carbocycles. The molecule has 1 heterocycles. The third-order valence-corrected chi connectivity index (χ3v) is 4.28. The molecule has 1 saturated heterocycles. The minimum Gasteiger partial charge on any atom is -0.480 e. The topological polar surface area (TPSA) is 82.1 Å². The second-order valence-electron chi connectivity index (χ2n) is 6.31. The summed E-state index contributed by atoms with van der Waals surface area (Å²) in [5.41, 5.74) is 2.36. The van der Waals surface area contributed by atoms with Gasteiger partial charge in [-0.25, -0.2) is 4.79 Å². The Labute approximate surface area is 148 Å². The Morgan fingerprint density at radius 3 is 2.76 bits per heavy atom. The highest BCUT2D eigenvalue weighted by Gasteiger charge is 2.25. The van der Waals surface area contributed by atoms with Gasteiger partial charge in [-0.3, -0.25) is 9.69 Å². The summed E-state index contributed by atoms with van der Waals surface area (Å²) in [6.07, 6.45) is 0.758. The normalized spacial score (nSPS) is 17.6. The number of amides is 2. The van der Waals surface area contributed by atoms with Gasteiger partial charge >= 0.3 is 12.0 Å². The van der Waals surface area contributed by atoms with E-state index in [-0.39, 0.29) is 18.7 Å². The first-order valence-electron chi connectivity index (χ1n) is 8.61. The molecule has 7 heteroatoms. The number of likely N-dealkylation sites (N-methyl/N-ethyl adjacent to an activating group) is 1. The molecule has 1 aliphatic rings. The fourth-order valence-corrected chi connectivity index (χ4v) is 3.01. The molecule has 1 fully saturated rings. The van der Waals surface area contributed by atoms with E-state index in [0.29, 0.717) is 32.8 Å². The Hall–Kier alpha value is -2.12. The summed E-state index contributed by atoms with van der Waals surface area (Å²) in [6, 6.07) is 7.97. The average Bonchev–Trinajstić information content (AvgIpc) is 2.59. The number of aliphatic carboxylic acids is 1. The fourth-order valence-electron chi connectivity index (χ4n) is 3.01. The zero-order valence-electron chi connectivity index (χ0n) is 14.9. The lowest BCUT2D eigenvalue weighted by atomic mass is 10.1. The maximum absolute atomic E-state index is 12.4. The van der Waals surface area contributed by atoms with Crippen molar-refractivity contribution in [2.24, 2.45) is 0 Å². The number of nitrogens with zero attached hydrogens (tertiary/aromatic N) is 2. The summed E-state index contributed by atoms with van der Waals surface area (Å²) in [5.74, 6) is -0.873. The number of rotatable bonds is 7. The Balaban J connectivity index is 1.83. The molecule has 1 aromatic carbocycles. The maximum Gasteiger partial charge on any atom is 0.317 e. The largest absolute Gasteiger partial charge is 0.480 e. The molecule has 1 unspecified atom stereocenters. The fraction of sp³-hybridized carbons (Fsp3) is 0.556. The number of ether oxygens (including phenoxy) is 1. The molecule has 25 heavy (non-hydrogen) atoms. The molecule has 1 aromatic rings. The van der Waals surface area contributed by atoms with E-state index in [4.69, 9.17) is 9.84 Å². The lowest BCUT2D eigenvalue weighted by Crippen LogP contribution is -2.52. The van der Waals surface area contributed by atoms with Crippen LogP contribution in [0.4, 0.5) is 4.79 Å². The van der Waals surface area contributed by atoms with E-state index in [0.717, 1.165) is 12.0 Å². The molecular weight excluding hydrogens is 322 g/mol. The molecule has 138 valence electrons. The SMILES string of the molecule is CCc1ccccc1CNC(=O)N1CCOC(CN(C)CC(=O)O)C1. The highest BCUT2D eigenvalue weighted by atomic mass is 16.5. The van der Waals surface area contributed by atoms with Gasteiger partial charge in [0, 0.05) is 26.2 Å². The molecule has 0 aromatic heterocycles. The smallest absolute Gasteiger partial charge is 0.317 e. The lowest BCUT2D eigenvalue weighted by molar-refractivity contribution is -0.138. The Kier molecular flexibility index (Phi) is 7.21. The number of hydrogen-bond donors (Lipinski definition) is 2. The van der Waals surface area contributed by atoms with Crippen LogP contribution in [0.15, 0.2) is 24.3 Å². The van der Waals surface area contributed by atoms with Crippen LogP contribution in [-0.2, 0) is 22.5 Å². The Morgan fingerprint density at radius 1 is 1.36 bits per heavy atom. The number of carboxylic acids is 1. The van der Waals surface area contributed by atoms with E-state index in [1.165, 1.54) is 5.56 Å². The number of benzene rings is 1. The maximum atomic E-state index is 12.4. The lowest BCUT2D eigenvalue weighted by Gasteiger charge is -2.34. The van der Waals surface area contributed by atoms with E-state index in [2.05, 4.69) is 18.3 Å². The van der Waals surface area contributed by atoms with Crippen LogP contribution in [0.1, 0.15) is 18.1 Å². The van der Waals surface area contributed by atoms with Gasteiger partial charge in [-0.1, -0.05) is 31.2 Å². The molecule has 0 bridgehead atoms. The zero-order chi connectivity index (χ0) is 18.2. The molecular formula is C18H27N3O4. The van der Waals surface area contributed by atoms with Crippen LogP contribution in [0, 0.1) is 0 Å². The van der Waals surface area contributed by atoms with Gasteiger partial charge in [-0.15, -0.1) is 0 Å². The quantitative estimate of drug-likeness (QED) is 0.772. The van der Waals surface area contributed by atoms with Crippen LogP contribution in [0.5, 0.6) is 0 Å². The first-order valence-corrected chi connectivity index (χ1v) is 8.61. The molecule has 0 saturated carbocycles. The highest BCUT2D eigenvalue weighted by Crippen LogP contribution is 2.10. The standard InChI is InChI=1S/C18H27N3O4/c1-3-14-6-4-5-7-15(14)10-19-18(24)21-8-9-25-16(12-21)11-20(2)13-17(22)23/h4-7,16H,3,8-13H2,1-2H3,(H,19,24)(H,22,23). The van der Waals surface area contributed by atoms with Crippen molar-refractivity contribution >= 4 is 12.0 Å². The number of carbonyl (C=O) groups is 2. The van der Waals surface area contributed by atoms with Crippen molar-refractivity contribution in [2.45, 2.75) is 26.0 Å². The van der Waals surface area contributed by atoms with Crippen molar-refractivity contribution in [3.05, 3.63) is 35.4 Å². The van der Waals surface area contributed by atoms with E-state index in [9.17, 15) is 9.59 Å². The average molecular weight is 349 g/mol. The van der Waals surface area contributed by atoms with Gasteiger partial charge in [0.15, 0.2) is 0 Å². The van der Waals surface area contributed by atoms with Gasteiger partial charge in [0.25, 0.3) is 0 Å². The number of aryl methyl sites for hydroxylation is 1. The molecule has 2 amide bonds. The predicted molar refractivity (Wildman–Crippen MR) is 94.5 cm³/mol. The van der Waals surface area contributed by atoms with Crippen LogP contribution in [-0.4, -0.2) is 72.8 Å². The second-order valence-corrected chi connectivity index (χ2v) is 6.31. The van der Waals surface area contributed by atoms with Crippen LogP contribution in [0.25, 0.3) is 0 Å². The van der Waals surface area contributed by atoms with Gasteiger partial charge in [-0.2, -0.15) is 0 Å². The summed E-state index contributed by atoms with van der Waals surface area (Å²) < 4.78 is 5.65. The number of nitrogens with one attached hydrogen (secondary N) is 1. The van der Waals surface area contributed by atoms with Crippen molar-refractivity contribution in [2.75, 3.05) is 39.8 Å². The Morgan fingerprint density at radius 2 is 2.08 bits per heavy atom. The van der Waals surface area contributed by atoms with Crippen LogP contribution >= 0.6 is 0 Å². The summed E-state index contributed by atoms with van der Waals surface area (Å²) in [7, 11) is 1.73. The van der Waals surface area contributed by atoms with Gasteiger partial charge in [0.05, 0.1) is 19.3 Å². The number of carbonyl (C=O) groups excluding carboxylic acids is 1. The molecule has 2 rings (SSSR count). The predicted octanol–water partition coefficient (Wildman–Crippen LogP) is 1.18. The molecule has 7 nitrogen and oxygen atoms in total. The third-order valence-electron chi connectivity index (χ3n) is 4.28. The summed E-state index contributed by atoms with van der Waals surface area (Å²) in [6.45, 7) is 4.51. The van der Waals surface area contributed by atoms with Gasteiger partial charge in [-0.05, 0) is 24.6 Å². The van der Waals surface area contributed by atoms with Crippen LogP contribution in [0.3, 0.4) is 0 Å². The monoisotopic (exact) mass is 349 g/mol. The van der Waals surface area contributed by atoms with Crippen molar-refractivity contribution in [1.29, 1.82) is 0 Å². The highest BCUT2D eigenvalue weighted by molar-refractivity contribution is 5.74. The van der Waals surface area contributed by atoms with Gasteiger partial charge < -0.3 is 20.1 Å². The number of carboxylic acid groups (broad SMARTS) is 1. The number of morpholine rings is 1. The molecule has 0 radical (unpaired) electrons. The first-order chi connectivity index (χ1) is 12.0. The summed E-state index contributed by atoms with van der Waals surface area (Å²) in [5, 5.41) is 11.8. The van der Waals surface area contributed by atoms with Crippen molar-refractivity contribution in [1.82, 2.24) is 15.1 Å². The van der Waals surface area contributed by atoms with Gasteiger partial charge in [0.1, 0.15) is 0 Å². The molecule has 2 N–H and O–H groups in total. The zero-order valence-corrected chi connectivity index (χ0v) is 14.9. The van der Waals surface area contributed by atoms with E-state index in [1.54, 1.807) is 16.8 Å². The van der Waals surface area contributed by atoms with Crippen LogP contribution in [0.2, 0.25) is 0 Å². The van der Waals surface area contributed by atoms with Gasteiger partial charge in [0.2, 0.25) is 0 Å². The van der Waals surface area contributed by atoms with E-state index >= 15 is 0 Å². The van der Waals surface area contributed by atoms with Crippen molar-refractivity contribution < 1.29 is 19.4 Å². The molecule has 0 spiro atoms. The molecule has 1 aliphatic heterocycles. The Bertz CT molecular complexity index is 593. The minimum absolute atomic E-state index is 0.0418. The van der Waals surface area contributed by atoms with Crippen LogP contribution < -0.4 is 5.32 Å². The molecule has 1 atom stereocenters. The van der Waals surface area contributed by atoms with Crippen molar-refractivity contribution in [3.8, 4) is 0 Å². The third kappa shape index (κ3) is 6.03. The number of hydrogen-bond acceptors (Lipinski definition) is 4. The summed E-state index contributed by atoms with van der Waals surface area (Å²) in [4.78, 5) is 26.6. The first kappa shape index (κ1) is 19.2. The van der Waals surface area contributed by atoms with E-state index in [1.807, 2.05) is 18.2 Å². The minimum atomic E-state index is -0.873. The van der Waals surface area contributed by atoms with Crippen molar-refractivity contribution in [3.63, 3.8) is 0 Å².